The lowest BCUT2D eigenvalue weighted by molar-refractivity contribution is -0.121. The van der Waals surface area contributed by atoms with Gasteiger partial charge in [0.05, 0.1) is 22.3 Å². The van der Waals surface area contributed by atoms with Crippen molar-refractivity contribution in [3.05, 3.63) is 65.1 Å². The number of hydrogen-bond acceptors (Lipinski definition) is 5. The van der Waals surface area contributed by atoms with E-state index in [1.165, 1.54) is 16.4 Å². The molecule has 1 aliphatic rings. The summed E-state index contributed by atoms with van der Waals surface area (Å²) in [7, 11) is -3.74. The van der Waals surface area contributed by atoms with E-state index in [1.807, 2.05) is 24.0 Å². The van der Waals surface area contributed by atoms with Crippen LogP contribution in [0.15, 0.2) is 53.6 Å². The standard InChI is InChI=1S/C23H24ClFN4O3S/c1-15-12-17-4-3-5-21(22(17)26-14-15)33(31,32)29-10-8-28(9-11-29)16(2)23(30)27-20-7-6-18(25)13-19(20)24/h3-7,12-14,16H,8-11H2,1-2H3,(H,27,30). The second kappa shape index (κ2) is 9.34. The third kappa shape index (κ3) is 4.86. The van der Waals surface area contributed by atoms with Crippen molar-refractivity contribution < 1.29 is 17.6 Å². The molecule has 1 aliphatic heterocycles. The molecule has 7 nitrogen and oxygen atoms in total. The van der Waals surface area contributed by atoms with Crippen LogP contribution in [0, 0.1) is 12.7 Å². The van der Waals surface area contributed by atoms with Crippen LogP contribution in [0.5, 0.6) is 0 Å². The average molecular weight is 491 g/mol. The predicted octanol–water partition coefficient (Wildman–Crippen LogP) is 3.67. The molecule has 10 heteroatoms. The van der Waals surface area contributed by atoms with Crippen LogP contribution in [-0.2, 0) is 14.8 Å². The number of aryl methyl sites for hydroxylation is 1. The van der Waals surface area contributed by atoms with Gasteiger partial charge < -0.3 is 5.32 Å². The van der Waals surface area contributed by atoms with Crippen molar-refractivity contribution in [3.63, 3.8) is 0 Å². The van der Waals surface area contributed by atoms with E-state index >= 15 is 0 Å². The van der Waals surface area contributed by atoms with Gasteiger partial charge in [-0.2, -0.15) is 4.31 Å². The largest absolute Gasteiger partial charge is 0.323 e. The second-order valence-electron chi connectivity index (χ2n) is 8.07. The van der Waals surface area contributed by atoms with Crippen molar-refractivity contribution in [1.82, 2.24) is 14.2 Å². The molecule has 0 radical (unpaired) electrons. The smallest absolute Gasteiger partial charge is 0.245 e. The normalized spacial score (nSPS) is 16.6. The lowest BCUT2D eigenvalue weighted by Crippen LogP contribution is -2.53. The summed E-state index contributed by atoms with van der Waals surface area (Å²) in [6.45, 7) is 4.94. The zero-order chi connectivity index (χ0) is 23.8. The van der Waals surface area contributed by atoms with Crippen LogP contribution in [0.4, 0.5) is 10.1 Å². The summed E-state index contributed by atoms with van der Waals surface area (Å²) in [6.07, 6.45) is 1.66. The lowest BCUT2D eigenvalue weighted by atomic mass is 10.2. The van der Waals surface area contributed by atoms with Crippen molar-refractivity contribution >= 4 is 44.1 Å². The molecular formula is C23H24ClFN4O3S. The van der Waals surface area contributed by atoms with Crippen LogP contribution in [-0.4, -0.2) is 60.7 Å². The summed E-state index contributed by atoms with van der Waals surface area (Å²) in [6, 6.07) is 10.3. The Labute approximate surface area is 197 Å². The molecule has 4 rings (SSSR count). The Morgan fingerprint density at radius 2 is 1.88 bits per heavy atom. The van der Waals surface area contributed by atoms with E-state index in [2.05, 4.69) is 10.3 Å². The molecule has 1 saturated heterocycles. The number of amides is 1. The summed E-state index contributed by atoms with van der Waals surface area (Å²) >= 11 is 5.99. The number of sulfonamides is 1. The summed E-state index contributed by atoms with van der Waals surface area (Å²) in [4.78, 5) is 19.1. The summed E-state index contributed by atoms with van der Waals surface area (Å²) in [5.41, 5.74) is 1.74. The Balaban J connectivity index is 1.44. The van der Waals surface area contributed by atoms with Gasteiger partial charge in [-0.05, 0) is 49.7 Å². The van der Waals surface area contributed by atoms with Gasteiger partial charge in [-0.15, -0.1) is 0 Å². The molecule has 174 valence electrons. The van der Waals surface area contributed by atoms with Gasteiger partial charge in [0.2, 0.25) is 15.9 Å². The molecule has 0 saturated carbocycles. The fourth-order valence-corrected chi connectivity index (χ4v) is 5.72. The molecule has 3 aromatic rings. The number of fused-ring (bicyclic) bond motifs is 1. The average Bonchev–Trinajstić information content (AvgIpc) is 2.79. The molecule has 0 spiro atoms. The summed E-state index contributed by atoms with van der Waals surface area (Å²) in [5, 5.41) is 3.60. The molecule has 2 aromatic carbocycles. The molecule has 0 aliphatic carbocycles. The highest BCUT2D eigenvalue weighted by Crippen LogP contribution is 2.26. The maximum absolute atomic E-state index is 13.3. The highest BCUT2D eigenvalue weighted by atomic mass is 35.5. The van der Waals surface area contributed by atoms with Crippen molar-refractivity contribution in [1.29, 1.82) is 0 Å². The summed E-state index contributed by atoms with van der Waals surface area (Å²) in [5.74, 6) is -0.784. The fraction of sp³-hybridized carbons (Fsp3) is 0.304. The summed E-state index contributed by atoms with van der Waals surface area (Å²) < 4.78 is 41.4. The number of nitrogens with zero attached hydrogens (tertiary/aromatic N) is 3. The van der Waals surface area contributed by atoms with Crippen molar-refractivity contribution in [3.8, 4) is 0 Å². The molecular weight excluding hydrogens is 467 g/mol. The molecule has 1 aromatic heterocycles. The number of piperazine rings is 1. The monoisotopic (exact) mass is 490 g/mol. The molecule has 1 N–H and O–H groups in total. The molecule has 0 bridgehead atoms. The first-order valence-corrected chi connectivity index (χ1v) is 12.3. The second-order valence-corrected chi connectivity index (χ2v) is 10.4. The van der Waals surface area contributed by atoms with Crippen LogP contribution >= 0.6 is 11.6 Å². The quantitative estimate of drug-likeness (QED) is 0.590. The Hall–Kier alpha value is -2.59. The van der Waals surface area contributed by atoms with Gasteiger partial charge in [0.1, 0.15) is 10.7 Å². The minimum atomic E-state index is -3.74. The van der Waals surface area contributed by atoms with Crippen molar-refractivity contribution in [2.24, 2.45) is 0 Å². The molecule has 33 heavy (non-hydrogen) atoms. The third-order valence-electron chi connectivity index (χ3n) is 5.82. The van der Waals surface area contributed by atoms with Crippen LogP contribution in [0.2, 0.25) is 5.02 Å². The van der Waals surface area contributed by atoms with Crippen molar-refractivity contribution in [2.45, 2.75) is 24.8 Å². The first-order chi connectivity index (χ1) is 15.7. The van der Waals surface area contributed by atoms with Crippen LogP contribution < -0.4 is 5.32 Å². The number of halogens is 2. The molecule has 1 amide bonds. The topological polar surface area (TPSA) is 82.6 Å². The number of carbonyl (C=O) groups excluding carboxylic acids is 1. The minimum absolute atomic E-state index is 0.116. The number of hydrogen-bond donors (Lipinski definition) is 1. The first kappa shape index (κ1) is 23.6. The molecule has 1 fully saturated rings. The number of aromatic nitrogens is 1. The minimum Gasteiger partial charge on any atom is -0.323 e. The van der Waals surface area contributed by atoms with Gasteiger partial charge in [-0.25, -0.2) is 12.8 Å². The maximum atomic E-state index is 13.3. The number of pyridine rings is 1. The van der Waals surface area contributed by atoms with Gasteiger partial charge in [0.25, 0.3) is 0 Å². The van der Waals surface area contributed by atoms with Crippen LogP contribution in [0.25, 0.3) is 10.9 Å². The zero-order valence-corrected chi connectivity index (χ0v) is 19.8. The molecule has 1 unspecified atom stereocenters. The van der Waals surface area contributed by atoms with Crippen molar-refractivity contribution in [2.75, 3.05) is 31.5 Å². The number of benzene rings is 2. The van der Waals surface area contributed by atoms with Gasteiger partial charge in [-0.1, -0.05) is 23.7 Å². The number of anilines is 1. The van der Waals surface area contributed by atoms with Gasteiger partial charge >= 0.3 is 0 Å². The van der Waals surface area contributed by atoms with E-state index in [0.29, 0.717) is 24.3 Å². The van der Waals surface area contributed by atoms with E-state index in [4.69, 9.17) is 11.6 Å². The van der Waals surface area contributed by atoms with E-state index in [9.17, 15) is 17.6 Å². The molecule has 2 heterocycles. The molecule has 1 atom stereocenters. The van der Waals surface area contributed by atoms with E-state index in [-0.39, 0.29) is 28.9 Å². The van der Waals surface area contributed by atoms with E-state index in [1.54, 1.807) is 25.3 Å². The van der Waals surface area contributed by atoms with E-state index < -0.39 is 21.9 Å². The third-order valence-corrected chi connectivity index (χ3v) is 8.06. The van der Waals surface area contributed by atoms with Crippen LogP contribution in [0.3, 0.4) is 0 Å². The highest BCUT2D eigenvalue weighted by molar-refractivity contribution is 7.89. The maximum Gasteiger partial charge on any atom is 0.245 e. The Morgan fingerprint density at radius 3 is 2.58 bits per heavy atom. The van der Waals surface area contributed by atoms with Gasteiger partial charge in [0, 0.05) is 37.8 Å². The number of rotatable bonds is 5. The number of carbonyl (C=O) groups is 1. The number of para-hydroxylation sites is 1. The highest BCUT2D eigenvalue weighted by Gasteiger charge is 2.33. The zero-order valence-electron chi connectivity index (χ0n) is 18.3. The van der Waals surface area contributed by atoms with Gasteiger partial charge in [-0.3, -0.25) is 14.7 Å². The van der Waals surface area contributed by atoms with Crippen LogP contribution in [0.1, 0.15) is 12.5 Å². The lowest BCUT2D eigenvalue weighted by Gasteiger charge is -2.36. The first-order valence-electron chi connectivity index (χ1n) is 10.5. The predicted molar refractivity (Wildman–Crippen MR) is 126 cm³/mol. The fourth-order valence-electron chi connectivity index (χ4n) is 3.92. The Kier molecular flexibility index (Phi) is 6.67. The SMILES string of the molecule is Cc1cnc2c(S(=O)(=O)N3CCN(C(C)C(=O)Nc4ccc(F)cc4Cl)CC3)cccc2c1. The Morgan fingerprint density at radius 1 is 1.15 bits per heavy atom. The number of nitrogens with one attached hydrogen (secondary N) is 1. The Bertz CT molecular complexity index is 1310. The van der Waals surface area contributed by atoms with Gasteiger partial charge in [0.15, 0.2) is 0 Å². The van der Waals surface area contributed by atoms with E-state index in [0.717, 1.165) is 17.0 Å².